The van der Waals surface area contributed by atoms with Crippen molar-refractivity contribution in [1.29, 1.82) is 0 Å². The van der Waals surface area contributed by atoms with Crippen molar-refractivity contribution in [3.63, 3.8) is 0 Å². The first kappa shape index (κ1) is 25.2. The van der Waals surface area contributed by atoms with Gasteiger partial charge in [-0.25, -0.2) is 0 Å². The molecule has 2 aliphatic heterocycles. The van der Waals surface area contributed by atoms with E-state index in [1.165, 1.54) is 24.2 Å². The molecule has 1 saturated heterocycles. The van der Waals surface area contributed by atoms with Gasteiger partial charge in [0.05, 0.1) is 12.1 Å². The molecule has 1 aromatic rings. The molecule has 7 heteroatoms. The predicted octanol–water partition coefficient (Wildman–Crippen LogP) is 3.69. The van der Waals surface area contributed by atoms with E-state index in [4.69, 9.17) is 0 Å². The summed E-state index contributed by atoms with van der Waals surface area (Å²) in [5.74, 6) is 0.718. The molecule has 0 bridgehead atoms. The van der Waals surface area contributed by atoms with Crippen molar-refractivity contribution in [2.45, 2.75) is 76.9 Å². The number of hydrogen-bond acceptors (Lipinski definition) is 4. The minimum Gasteiger partial charge on any atom is -0.387 e. The van der Waals surface area contributed by atoms with Gasteiger partial charge >= 0.3 is 0 Å². The maximum atomic E-state index is 13.4. The number of piperidine rings is 1. The first-order chi connectivity index (χ1) is 17.1. The van der Waals surface area contributed by atoms with Gasteiger partial charge in [-0.1, -0.05) is 45.1 Å². The van der Waals surface area contributed by atoms with Crippen molar-refractivity contribution >= 4 is 17.7 Å². The van der Waals surface area contributed by atoms with E-state index in [-0.39, 0.29) is 35.6 Å². The Kier molecular flexibility index (Phi) is 6.64. The molecule has 5 rings (SSSR count). The summed E-state index contributed by atoms with van der Waals surface area (Å²) >= 11 is 0. The minimum absolute atomic E-state index is 0.0299. The second kappa shape index (κ2) is 9.47. The van der Waals surface area contributed by atoms with Gasteiger partial charge in [-0.15, -0.1) is 0 Å². The molecule has 3 amide bonds. The molecule has 1 N–H and O–H groups in total. The monoisotopic (exact) mass is 495 g/mol. The number of nitrogens with zero attached hydrogens (tertiary/aromatic N) is 3. The van der Waals surface area contributed by atoms with E-state index in [1.807, 2.05) is 4.90 Å². The van der Waals surface area contributed by atoms with Crippen LogP contribution in [0.25, 0.3) is 0 Å². The topological polar surface area (TPSA) is 81.2 Å². The average Bonchev–Trinajstić information content (AvgIpc) is 3.43. The number of hydrogen-bond donors (Lipinski definition) is 1. The van der Waals surface area contributed by atoms with E-state index < -0.39 is 5.60 Å². The smallest absolute Gasteiger partial charge is 0.254 e. The van der Waals surface area contributed by atoms with Crippen LogP contribution in [0.4, 0.5) is 0 Å². The van der Waals surface area contributed by atoms with E-state index in [0.29, 0.717) is 43.1 Å². The fraction of sp³-hybridized carbons (Fsp3) is 0.690. The van der Waals surface area contributed by atoms with Gasteiger partial charge in [0.2, 0.25) is 5.91 Å². The third-order valence-corrected chi connectivity index (χ3v) is 9.61. The second-order valence-corrected chi connectivity index (χ2v) is 12.2. The molecule has 0 radical (unpaired) electrons. The highest BCUT2D eigenvalue weighted by atomic mass is 16.3. The lowest BCUT2D eigenvalue weighted by Gasteiger charge is -2.53. The van der Waals surface area contributed by atoms with Crippen LogP contribution < -0.4 is 0 Å². The lowest BCUT2D eigenvalue weighted by atomic mass is 9.65. The van der Waals surface area contributed by atoms with Crippen LogP contribution in [0, 0.1) is 17.3 Å². The predicted molar refractivity (Wildman–Crippen MR) is 137 cm³/mol. The summed E-state index contributed by atoms with van der Waals surface area (Å²) in [5, 5.41) is 12.2. The third-order valence-electron chi connectivity index (χ3n) is 9.61. The standard InChI is InChI=1S/C29H41N3O4/c1-20(16-21-8-6-9-21)25(33)31-15-14-29(36,28(18-31)12-4-5-13-28)19-32-17-24-22(26(34)30(2)3)10-7-11-23(24)27(32)35/h7,10-11,20-21,36H,4-6,8-9,12-19H2,1-3H3. The van der Waals surface area contributed by atoms with Gasteiger partial charge in [-0.3, -0.25) is 14.4 Å². The van der Waals surface area contributed by atoms with Gasteiger partial charge in [0, 0.05) is 56.2 Å². The molecule has 0 aromatic heterocycles. The lowest BCUT2D eigenvalue weighted by Crippen LogP contribution is -2.64. The van der Waals surface area contributed by atoms with Crippen LogP contribution >= 0.6 is 0 Å². The summed E-state index contributed by atoms with van der Waals surface area (Å²) in [6.07, 6.45) is 9.07. The highest BCUT2D eigenvalue weighted by molar-refractivity contribution is 6.04. The average molecular weight is 496 g/mol. The molecule has 3 fully saturated rings. The van der Waals surface area contributed by atoms with Gasteiger partial charge in [0.25, 0.3) is 11.8 Å². The third kappa shape index (κ3) is 4.23. The molecule has 4 aliphatic rings. The Labute approximate surface area is 214 Å². The molecule has 1 spiro atoms. The maximum Gasteiger partial charge on any atom is 0.254 e. The van der Waals surface area contributed by atoms with E-state index in [9.17, 15) is 19.5 Å². The van der Waals surface area contributed by atoms with Crippen molar-refractivity contribution in [1.82, 2.24) is 14.7 Å². The fourth-order valence-electron chi connectivity index (χ4n) is 7.20. The van der Waals surface area contributed by atoms with Crippen molar-refractivity contribution in [2.24, 2.45) is 17.3 Å². The van der Waals surface area contributed by atoms with E-state index in [1.54, 1.807) is 37.2 Å². The first-order valence-electron chi connectivity index (χ1n) is 13.8. The fourth-order valence-corrected chi connectivity index (χ4v) is 7.20. The zero-order valence-corrected chi connectivity index (χ0v) is 22.1. The zero-order valence-electron chi connectivity index (χ0n) is 22.1. The molecule has 2 aliphatic carbocycles. The first-order valence-corrected chi connectivity index (χ1v) is 13.8. The van der Waals surface area contributed by atoms with Gasteiger partial charge in [-0.2, -0.15) is 0 Å². The Morgan fingerprint density at radius 2 is 1.86 bits per heavy atom. The molecular weight excluding hydrogens is 454 g/mol. The summed E-state index contributed by atoms with van der Waals surface area (Å²) in [5.41, 5.74) is 0.443. The number of carbonyl (C=O) groups excluding carboxylic acids is 3. The second-order valence-electron chi connectivity index (χ2n) is 12.2. The van der Waals surface area contributed by atoms with Gasteiger partial charge in [-0.05, 0) is 49.3 Å². The molecule has 36 heavy (non-hydrogen) atoms. The van der Waals surface area contributed by atoms with Crippen molar-refractivity contribution in [3.05, 3.63) is 34.9 Å². The van der Waals surface area contributed by atoms with E-state index in [0.717, 1.165) is 37.7 Å². The highest BCUT2D eigenvalue weighted by Gasteiger charge is 2.57. The summed E-state index contributed by atoms with van der Waals surface area (Å²) in [4.78, 5) is 44.8. The van der Waals surface area contributed by atoms with Crippen LogP contribution in [0.1, 0.15) is 91.0 Å². The van der Waals surface area contributed by atoms with Crippen molar-refractivity contribution < 1.29 is 19.5 Å². The zero-order chi connectivity index (χ0) is 25.7. The van der Waals surface area contributed by atoms with Crippen molar-refractivity contribution in [2.75, 3.05) is 33.7 Å². The maximum absolute atomic E-state index is 13.4. The summed E-state index contributed by atoms with van der Waals surface area (Å²) < 4.78 is 0. The Morgan fingerprint density at radius 1 is 1.14 bits per heavy atom. The molecule has 2 saturated carbocycles. The van der Waals surface area contributed by atoms with Crippen LogP contribution in [-0.2, 0) is 11.3 Å². The van der Waals surface area contributed by atoms with Gasteiger partial charge in [0.1, 0.15) is 0 Å². The summed E-state index contributed by atoms with van der Waals surface area (Å²) in [6, 6.07) is 5.32. The lowest BCUT2D eigenvalue weighted by molar-refractivity contribution is -0.163. The quantitative estimate of drug-likeness (QED) is 0.653. The van der Waals surface area contributed by atoms with Crippen LogP contribution in [0.15, 0.2) is 18.2 Å². The summed E-state index contributed by atoms with van der Waals surface area (Å²) in [6.45, 7) is 3.76. The Hall–Kier alpha value is -2.41. The molecule has 2 heterocycles. The van der Waals surface area contributed by atoms with Crippen molar-refractivity contribution in [3.8, 4) is 0 Å². The van der Waals surface area contributed by atoms with E-state index >= 15 is 0 Å². The number of benzene rings is 1. The molecule has 196 valence electrons. The van der Waals surface area contributed by atoms with Crippen LogP contribution in [0.2, 0.25) is 0 Å². The van der Waals surface area contributed by atoms with Crippen LogP contribution in [-0.4, -0.2) is 76.9 Å². The molecule has 2 atom stereocenters. The number of likely N-dealkylation sites (tertiary alicyclic amines) is 1. The number of fused-ring (bicyclic) bond motifs is 1. The number of rotatable bonds is 6. The Bertz CT molecular complexity index is 1040. The molecular formula is C29H41N3O4. The molecule has 2 unspecified atom stereocenters. The molecule has 7 nitrogen and oxygen atoms in total. The normalized spacial score (nSPS) is 26.2. The van der Waals surface area contributed by atoms with Gasteiger partial charge < -0.3 is 19.8 Å². The number of carbonyl (C=O) groups is 3. The van der Waals surface area contributed by atoms with Crippen LogP contribution in [0.3, 0.4) is 0 Å². The Morgan fingerprint density at radius 3 is 2.50 bits per heavy atom. The molecule has 1 aromatic carbocycles. The Balaban J connectivity index is 1.33. The minimum atomic E-state index is -1.04. The number of amides is 3. The number of β-amino-alcohol motifs (C(OH)–C–C–N with tert-alkyl or cyclic N) is 1. The van der Waals surface area contributed by atoms with Gasteiger partial charge in [0.15, 0.2) is 0 Å². The number of aliphatic hydroxyl groups is 1. The van der Waals surface area contributed by atoms with E-state index in [2.05, 4.69) is 6.92 Å². The SMILES string of the molecule is CC(CC1CCC1)C(=O)N1CCC(O)(CN2Cc3c(C(=O)N(C)C)cccc3C2=O)C2(CCCC2)C1. The highest BCUT2D eigenvalue weighted by Crippen LogP contribution is 2.52. The summed E-state index contributed by atoms with van der Waals surface area (Å²) in [7, 11) is 3.43. The largest absolute Gasteiger partial charge is 0.387 e. The van der Waals surface area contributed by atoms with Crippen LogP contribution in [0.5, 0.6) is 0 Å².